The van der Waals surface area contributed by atoms with Crippen molar-refractivity contribution in [3.05, 3.63) is 59.9 Å². The molecule has 2 rings (SSSR count). The van der Waals surface area contributed by atoms with Crippen molar-refractivity contribution in [2.45, 2.75) is 18.4 Å². The van der Waals surface area contributed by atoms with Gasteiger partial charge in [0, 0.05) is 31.5 Å². The van der Waals surface area contributed by atoms with Crippen LogP contribution in [0.2, 0.25) is 0 Å². The highest BCUT2D eigenvalue weighted by molar-refractivity contribution is 7.89. The molecule has 2 aromatic rings. The van der Waals surface area contributed by atoms with Crippen LogP contribution in [0.4, 0.5) is 0 Å². The van der Waals surface area contributed by atoms with Crippen molar-refractivity contribution in [3.8, 4) is 0 Å². The number of aromatic nitrogens is 1. The Morgan fingerprint density at radius 1 is 1.24 bits per heavy atom. The summed E-state index contributed by atoms with van der Waals surface area (Å²) in [5.41, 5.74) is 1.18. The van der Waals surface area contributed by atoms with Gasteiger partial charge in [-0.2, -0.15) is 4.31 Å². The average molecular weight is 304 g/mol. The summed E-state index contributed by atoms with van der Waals surface area (Å²) >= 11 is 0. The first kappa shape index (κ1) is 15.3. The second-order valence-electron chi connectivity index (χ2n) is 4.71. The number of carbonyl (C=O) groups is 1. The number of nitrogens with zero attached hydrogens (tertiary/aromatic N) is 2. The number of ketones is 1. The molecule has 0 fully saturated rings. The van der Waals surface area contributed by atoms with Crippen molar-refractivity contribution in [2.24, 2.45) is 0 Å². The second-order valence-corrected chi connectivity index (χ2v) is 6.75. The molecule has 1 aromatic heterocycles. The molecule has 0 amide bonds. The number of hydrogen-bond acceptors (Lipinski definition) is 4. The lowest BCUT2D eigenvalue weighted by Crippen LogP contribution is -2.26. The van der Waals surface area contributed by atoms with E-state index in [9.17, 15) is 13.2 Å². The third-order valence-electron chi connectivity index (χ3n) is 3.08. The number of sulfonamides is 1. The van der Waals surface area contributed by atoms with Crippen LogP contribution >= 0.6 is 0 Å². The number of rotatable bonds is 5. The van der Waals surface area contributed by atoms with Gasteiger partial charge in [0.05, 0.1) is 4.90 Å². The Morgan fingerprint density at radius 3 is 2.62 bits per heavy atom. The summed E-state index contributed by atoms with van der Waals surface area (Å²) in [5.74, 6) is -0.165. The zero-order valence-corrected chi connectivity index (χ0v) is 12.7. The van der Waals surface area contributed by atoms with Crippen LogP contribution in [0, 0.1) is 0 Å². The van der Waals surface area contributed by atoms with Crippen LogP contribution < -0.4 is 0 Å². The first-order valence-electron chi connectivity index (χ1n) is 6.37. The summed E-state index contributed by atoms with van der Waals surface area (Å²) in [6.45, 7) is 1.63. The molecule has 110 valence electrons. The van der Waals surface area contributed by atoms with Crippen LogP contribution in [0.1, 0.15) is 22.8 Å². The minimum absolute atomic E-state index is 0.113. The lowest BCUT2D eigenvalue weighted by atomic mass is 10.2. The van der Waals surface area contributed by atoms with Crippen molar-refractivity contribution in [1.29, 1.82) is 0 Å². The van der Waals surface area contributed by atoms with E-state index in [-0.39, 0.29) is 17.2 Å². The standard InChI is InChI=1S/C15H16N2O3S/c1-12(18)14-6-3-7-15(9-14)21(19,20)17(2)11-13-5-4-8-16-10-13/h3-10H,11H2,1-2H3. The first-order valence-corrected chi connectivity index (χ1v) is 7.81. The predicted octanol–water partition coefficient (Wildman–Crippen LogP) is 2.10. The van der Waals surface area contributed by atoms with Gasteiger partial charge in [0.1, 0.15) is 0 Å². The fourth-order valence-corrected chi connectivity index (χ4v) is 3.09. The van der Waals surface area contributed by atoms with E-state index in [1.807, 2.05) is 6.07 Å². The van der Waals surface area contributed by atoms with Crippen molar-refractivity contribution >= 4 is 15.8 Å². The largest absolute Gasteiger partial charge is 0.295 e. The average Bonchev–Trinajstić information content (AvgIpc) is 2.48. The maximum atomic E-state index is 12.5. The fraction of sp³-hybridized carbons (Fsp3) is 0.200. The zero-order chi connectivity index (χ0) is 15.5. The molecule has 0 aliphatic carbocycles. The Hall–Kier alpha value is -2.05. The molecule has 0 aliphatic rings. The van der Waals surface area contributed by atoms with Crippen LogP contribution in [-0.4, -0.2) is 30.5 Å². The van der Waals surface area contributed by atoms with Crippen molar-refractivity contribution in [3.63, 3.8) is 0 Å². The number of carbonyl (C=O) groups excluding carboxylic acids is 1. The molecule has 0 aliphatic heterocycles. The zero-order valence-electron chi connectivity index (χ0n) is 11.9. The van der Waals surface area contributed by atoms with Gasteiger partial charge >= 0.3 is 0 Å². The second kappa shape index (κ2) is 6.15. The quantitative estimate of drug-likeness (QED) is 0.793. The molecule has 0 saturated carbocycles. The molecule has 0 radical (unpaired) electrons. The molecule has 0 unspecified atom stereocenters. The maximum Gasteiger partial charge on any atom is 0.243 e. The number of benzene rings is 1. The van der Waals surface area contributed by atoms with Crippen molar-refractivity contribution in [2.75, 3.05) is 7.05 Å². The fourth-order valence-electron chi connectivity index (χ4n) is 1.89. The van der Waals surface area contributed by atoms with E-state index in [4.69, 9.17) is 0 Å². The Morgan fingerprint density at radius 2 is 2.00 bits per heavy atom. The Balaban J connectivity index is 2.29. The third kappa shape index (κ3) is 3.53. The van der Waals surface area contributed by atoms with Gasteiger partial charge < -0.3 is 0 Å². The van der Waals surface area contributed by atoms with E-state index in [1.165, 1.54) is 30.4 Å². The highest BCUT2D eigenvalue weighted by Gasteiger charge is 2.21. The lowest BCUT2D eigenvalue weighted by Gasteiger charge is -2.17. The van der Waals surface area contributed by atoms with Crippen LogP contribution in [-0.2, 0) is 16.6 Å². The topological polar surface area (TPSA) is 67.3 Å². The summed E-state index contributed by atoms with van der Waals surface area (Å²) in [5, 5.41) is 0. The Kier molecular flexibility index (Phi) is 4.50. The minimum Gasteiger partial charge on any atom is -0.295 e. The molecule has 0 saturated heterocycles. The lowest BCUT2D eigenvalue weighted by molar-refractivity contribution is 0.101. The van der Waals surface area contributed by atoms with Gasteiger partial charge in [-0.15, -0.1) is 0 Å². The molecule has 0 N–H and O–H groups in total. The summed E-state index contributed by atoms with van der Waals surface area (Å²) < 4.78 is 26.3. The molecular formula is C15H16N2O3S. The van der Waals surface area contributed by atoms with Crippen molar-refractivity contribution < 1.29 is 13.2 Å². The van der Waals surface area contributed by atoms with Gasteiger partial charge in [-0.25, -0.2) is 8.42 Å². The monoisotopic (exact) mass is 304 g/mol. The van der Waals surface area contributed by atoms with Gasteiger partial charge in [0.15, 0.2) is 5.78 Å². The molecule has 0 atom stereocenters. The van der Waals surface area contributed by atoms with E-state index >= 15 is 0 Å². The van der Waals surface area contributed by atoms with E-state index < -0.39 is 10.0 Å². The molecule has 1 heterocycles. The number of Topliss-reactive ketones (excluding diaryl/α,β-unsaturated/α-hetero) is 1. The molecule has 5 nitrogen and oxygen atoms in total. The molecule has 6 heteroatoms. The van der Waals surface area contributed by atoms with Gasteiger partial charge in [-0.1, -0.05) is 18.2 Å². The summed E-state index contributed by atoms with van der Waals surface area (Å²) in [4.78, 5) is 15.4. The normalized spacial score (nSPS) is 11.6. The molecule has 0 bridgehead atoms. The third-order valence-corrected chi connectivity index (χ3v) is 4.88. The Labute approximate surface area is 124 Å². The molecular weight excluding hydrogens is 288 g/mol. The van der Waals surface area contributed by atoms with Crippen molar-refractivity contribution in [1.82, 2.24) is 9.29 Å². The molecule has 21 heavy (non-hydrogen) atoms. The Bertz CT molecular complexity index is 743. The van der Waals surface area contributed by atoms with E-state index in [0.29, 0.717) is 5.56 Å². The first-order chi connectivity index (χ1) is 9.91. The van der Waals surface area contributed by atoms with Gasteiger partial charge in [-0.05, 0) is 30.7 Å². The SMILES string of the molecule is CC(=O)c1cccc(S(=O)(=O)N(C)Cc2cccnc2)c1. The number of pyridine rings is 1. The van der Waals surface area contributed by atoms with Crippen LogP contribution in [0.5, 0.6) is 0 Å². The van der Waals surface area contributed by atoms with E-state index in [0.717, 1.165) is 5.56 Å². The minimum atomic E-state index is -3.64. The maximum absolute atomic E-state index is 12.5. The molecule has 0 spiro atoms. The highest BCUT2D eigenvalue weighted by atomic mass is 32.2. The van der Waals surface area contributed by atoms with Gasteiger partial charge in [0.2, 0.25) is 10.0 Å². The summed E-state index contributed by atoms with van der Waals surface area (Å²) in [6.07, 6.45) is 3.26. The summed E-state index contributed by atoms with van der Waals surface area (Å²) in [6, 6.07) is 9.63. The van der Waals surface area contributed by atoms with E-state index in [2.05, 4.69) is 4.98 Å². The number of hydrogen-bond donors (Lipinski definition) is 0. The van der Waals surface area contributed by atoms with Crippen LogP contribution in [0.25, 0.3) is 0 Å². The summed E-state index contributed by atoms with van der Waals surface area (Å²) in [7, 11) is -2.14. The smallest absolute Gasteiger partial charge is 0.243 e. The van der Waals surface area contributed by atoms with Crippen LogP contribution in [0.15, 0.2) is 53.7 Å². The highest BCUT2D eigenvalue weighted by Crippen LogP contribution is 2.18. The van der Waals surface area contributed by atoms with Gasteiger partial charge in [-0.3, -0.25) is 9.78 Å². The molecule has 1 aromatic carbocycles. The predicted molar refractivity (Wildman–Crippen MR) is 79.3 cm³/mol. The van der Waals surface area contributed by atoms with Gasteiger partial charge in [0.25, 0.3) is 0 Å². The van der Waals surface area contributed by atoms with E-state index in [1.54, 1.807) is 30.6 Å². The van der Waals surface area contributed by atoms with Crippen LogP contribution in [0.3, 0.4) is 0 Å².